The second-order valence-corrected chi connectivity index (χ2v) is 0.202. The summed E-state index contributed by atoms with van der Waals surface area (Å²) >= 11 is 0. The minimum Gasteiger partial charge on any atom is -0.304 e. The summed E-state index contributed by atoms with van der Waals surface area (Å²) in [6.45, 7) is -0.0694. The molecule has 0 aromatic rings. The van der Waals surface area contributed by atoms with Gasteiger partial charge in [-0.15, -0.1) is 0 Å². The molecule has 1 N–H and O–H groups in total. The predicted molar refractivity (Wildman–Crippen MR) is 11.9 cm³/mol. The average Bonchev–Trinajstić information content (AvgIpc) is 1.37. The van der Waals surface area contributed by atoms with Crippen LogP contribution in [0, 0.1) is 0 Å². The van der Waals surface area contributed by atoms with Crippen LogP contribution >= 0.6 is 0 Å². The zero-order chi connectivity index (χ0) is 3.41. The molecule has 0 aromatic carbocycles. The van der Waals surface area contributed by atoms with Gasteiger partial charge in [-0.25, -0.2) is 5.26 Å². The largest absolute Gasteiger partial charge is 0.330 e. The molecule has 0 rings (SSSR count). The molecule has 3 nitrogen and oxygen atoms in total. The van der Waals surface area contributed by atoms with E-state index in [1.54, 1.807) is 0 Å². The van der Waals surface area contributed by atoms with Crippen molar-refractivity contribution in [1.29, 1.82) is 0 Å². The number of hydrogen-bond acceptors (Lipinski definition) is 3. The van der Waals surface area contributed by atoms with Gasteiger partial charge in [0.2, 0.25) is 0 Å². The molecule has 0 atom stereocenters. The molecule has 26 valence electrons. The van der Waals surface area contributed by atoms with Crippen molar-refractivity contribution in [3.8, 4) is 0 Å². The van der Waals surface area contributed by atoms with Gasteiger partial charge in [-0.3, -0.25) is 4.79 Å². The van der Waals surface area contributed by atoms with Crippen LogP contribution in [0.4, 0.5) is 0 Å². The second kappa shape index (κ2) is 2.43. The van der Waals surface area contributed by atoms with Crippen LogP contribution in [-0.4, -0.2) is 11.7 Å². The first-order chi connectivity index (χ1) is 1.91. The lowest BCUT2D eigenvalue weighted by Gasteiger charge is -1.63. The molecule has 0 aliphatic heterocycles. The third-order valence-corrected chi connectivity index (χ3v) is 0.0430. The van der Waals surface area contributed by atoms with Crippen LogP contribution in [0.25, 0.3) is 0 Å². The van der Waals surface area contributed by atoms with Gasteiger partial charge in [-0.05, 0) is 0 Å². The Kier molecular flexibility index (Phi) is 2.08. The fourth-order valence-corrected chi connectivity index (χ4v) is 0. The third-order valence-electron chi connectivity index (χ3n) is 0.0430. The van der Waals surface area contributed by atoms with Crippen molar-refractivity contribution < 1.29 is 16.4 Å². The maximum atomic E-state index is 8.70. The van der Waals surface area contributed by atoms with Gasteiger partial charge in [0.15, 0.2) is 0 Å². The van der Waals surface area contributed by atoms with Crippen molar-refractivity contribution in [2.24, 2.45) is 0 Å². The molecule has 0 radical (unpaired) electrons. The lowest BCUT2D eigenvalue weighted by Crippen LogP contribution is -1.69. The van der Waals surface area contributed by atoms with E-state index in [2.05, 4.69) is 4.89 Å². The molecule has 3 heteroatoms. The Morgan fingerprint density at radius 2 is 2.50 bits per heavy atom. The molecule has 0 bridgehead atoms. The molecule has 0 fully saturated rings. The Labute approximate surface area is 24.2 Å². The molecule has 0 spiro atoms. The van der Waals surface area contributed by atoms with Crippen molar-refractivity contribution in [2.45, 2.75) is 0 Å². The highest BCUT2D eigenvalue weighted by Gasteiger charge is 1.47. The van der Waals surface area contributed by atoms with Crippen molar-refractivity contribution in [2.75, 3.05) is 0 Å². The van der Waals surface area contributed by atoms with Crippen LogP contribution in [0.3, 0.4) is 0 Å². The summed E-state index contributed by atoms with van der Waals surface area (Å²) in [6.07, 6.45) is 0. The van der Waals surface area contributed by atoms with Gasteiger partial charge in [0, 0.05) is 1.43 Å². The minimum atomic E-state index is -0.0694. The fourth-order valence-electron chi connectivity index (χ4n) is 0. The van der Waals surface area contributed by atoms with E-state index in [9.17, 15) is 0 Å². The van der Waals surface area contributed by atoms with Crippen molar-refractivity contribution in [3.63, 3.8) is 0 Å². The normalized spacial score (nSPS) is 5.25. The Hall–Kier alpha value is -0.570. The van der Waals surface area contributed by atoms with Gasteiger partial charge in [-0.1, -0.05) is 0 Å². The molecule has 0 aromatic heterocycles. The molecular formula is CH4O3. The molecule has 0 amide bonds. The highest BCUT2D eigenvalue weighted by Crippen LogP contribution is 1.33. The summed E-state index contributed by atoms with van der Waals surface area (Å²) in [7, 11) is 0. The number of hydrogen-bond donors (Lipinski definition) is 1. The highest BCUT2D eigenvalue weighted by molar-refractivity contribution is 5.35. The molecular weight excluding hydrogens is 60.0 g/mol. The molecule has 0 heterocycles. The van der Waals surface area contributed by atoms with E-state index in [0.29, 0.717) is 0 Å². The van der Waals surface area contributed by atoms with E-state index in [0.717, 1.165) is 0 Å². The Balaban J connectivity index is 0. The zero-order valence-corrected chi connectivity index (χ0v) is 1.84. The topological polar surface area (TPSA) is 46.5 Å². The lowest BCUT2D eigenvalue weighted by molar-refractivity contribution is -0.217. The van der Waals surface area contributed by atoms with Crippen molar-refractivity contribution >= 4 is 6.47 Å². The maximum Gasteiger partial charge on any atom is 0.330 e. The van der Waals surface area contributed by atoms with Crippen LogP contribution in [0.2, 0.25) is 0 Å². The maximum absolute atomic E-state index is 8.70. The summed E-state index contributed by atoms with van der Waals surface area (Å²) in [5, 5.41) is 7.01. The number of carbonyl (C=O) groups excluding carboxylic acids is 1. The Morgan fingerprint density at radius 1 is 2.25 bits per heavy atom. The molecule has 0 saturated carbocycles. The van der Waals surface area contributed by atoms with Gasteiger partial charge in [-0.2, -0.15) is 0 Å². The summed E-state index contributed by atoms with van der Waals surface area (Å²) in [4.78, 5) is 11.6. The quantitative estimate of drug-likeness (QED) is 0.262. The average molecular weight is 64.0 g/mol. The van der Waals surface area contributed by atoms with Crippen LogP contribution in [0.5, 0.6) is 0 Å². The van der Waals surface area contributed by atoms with Crippen LogP contribution in [0.15, 0.2) is 0 Å². The van der Waals surface area contributed by atoms with E-state index < -0.39 is 0 Å². The summed E-state index contributed by atoms with van der Waals surface area (Å²) in [5.41, 5.74) is 0. The van der Waals surface area contributed by atoms with Crippen LogP contribution < -0.4 is 0 Å². The Morgan fingerprint density at radius 3 is 2.50 bits per heavy atom. The van der Waals surface area contributed by atoms with Gasteiger partial charge in [0.1, 0.15) is 0 Å². The van der Waals surface area contributed by atoms with Gasteiger partial charge < -0.3 is 4.89 Å². The summed E-state index contributed by atoms with van der Waals surface area (Å²) < 4.78 is 0. The summed E-state index contributed by atoms with van der Waals surface area (Å²) in [5.74, 6) is 0. The molecule has 0 aliphatic carbocycles. The highest BCUT2D eigenvalue weighted by atomic mass is 17.1. The SMILES string of the molecule is O=COO.[HH]. The third kappa shape index (κ3) is 1.43. The van der Waals surface area contributed by atoms with E-state index in [4.69, 9.17) is 10.1 Å². The predicted octanol–water partition coefficient (Wildman–Crippen LogP) is -0.122. The minimum absolute atomic E-state index is 0. The Bertz CT molecular complexity index is 20.9. The second-order valence-electron chi connectivity index (χ2n) is 0.202. The van der Waals surface area contributed by atoms with Gasteiger partial charge in [0.25, 0.3) is 0 Å². The van der Waals surface area contributed by atoms with E-state index in [1.165, 1.54) is 0 Å². The number of carbonyl (C=O) groups is 1. The zero-order valence-electron chi connectivity index (χ0n) is 1.84. The first-order valence-electron chi connectivity index (χ1n) is 0.654. The molecule has 0 unspecified atom stereocenters. The first kappa shape index (κ1) is 3.43. The fraction of sp³-hybridized carbons (Fsp3) is 0. The molecule has 4 heavy (non-hydrogen) atoms. The van der Waals surface area contributed by atoms with Crippen molar-refractivity contribution in [1.82, 2.24) is 0 Å². The van der Waals surface area contributed by atoms with Gasteiger partial charge in [0.05, 0.1) is 0 Å². The van der Waals surface area contributed by atoms with Crippen molar-refractivity contribution in [3.05, 3.63) is 0 Å². The number of rotatable bonds is 1. The smallest absolute Gasteiger partial charge is 0.304 e. The molecule has 0 aliphatic rings. The summed E-state index contributed by atoms with van der Waals surface area (Å²) in [6, 6.07) is 0. The van der Waals surface area contributed by atoms with Crippen LogP contribution in [-0.2, 0) is 9.68 Å². The van der Waals surface area contributed by atoms with E-state index in [-0.39, 0.29) is 7.90 Å². The monoisotopic (exact) mass is 64.0 g/mol. The van der Waals surface area contributed by atoms with Crippen LogP contribution in [0.1, 0.15) is 1.43 Å². The molecule has 0 saturated heterocycles. The standard InChI is InChI=1S/CH2O3.H2/c2-1-4-3;/h1,3H;1H. The van der Waals surface area contributed by atoms with Gasteiger partial charge >= 0.3 is 6.47 Å². The lowest BCUT2D eigenvalue weighted by atomic mass is 11.7. The first-order valence-corrected chi connectivity index (χ1v) is 0.654. The van der Waals surface area contributed by atoms with E-state index in [1.807, 2.05) is 0 Å². The van der Waals surface area contributed by atoms with E-state index >= 15 is 0 Å².